The molecule has 0 aliphatic carbocycles. The van der Waals surface area contributed by atoms with Crippen molar-refractivity contribution in [2.45, 2.75) is 19.5 Å². The average molecular weight is 478 g/mol. The fourth-order valence-corrected chi connectivity index (χ4v) is 3.33. The molecule has 2 aromatic carbocycles. The van der Waals surface area contributed by atoms with Crippen LogP contribution in [0.2, 0.25) is 0 Å². The van der Waals surface area contributed by atoms with Crippen molar-refractivity contribution in [1.29, 1.82) is 0 Å². The molecule has 136 valence electrons. The van der Waals surface area contributed by atoms with Crippen molar-refractivity contribution in [3.63, 3.8) is 0 Å². The second-order valence-electron chi connectivity index (χ2n) is 5.71. The number of aromatic nitrogens is 1. The molecule has 0 amide bonds. The van der Waals surface area contributed by atoms with E-state index in [4.69, 9.17) is 4.98 Å². The lowest BCUT2D eigenvalue weighted by atomic mass is 10.1. The summed E-state index contributed by atoms with van der Waals surface area (Å²) in [6, 6.07) is 20.8. The summed E-state index contributed by atoms with van der Waals surface area (Å²) < 4.78 is 0. The molecule has 0 radical (unpaired) electrons. The molecule has 0 saturated carbocycles. The van der Waals surface area contributed by atoms with Crippen LogP contribution in [0, 0.1) is 0 Å². The van der Waals surface area contributed by atoms with Gasteiger partial charge in [-0.05, 0) is 12.5 Å². The number of rotatable bonds is 5. The molecule has 2 N–H and O–H groups in total. The van der Waals surface area contributed by atoms with Gasteiger partial charge in [-0.15, -0.1) is 35.3 Å². The highest BCUT2D eigenvalue weighted by Gasteiger charge is 2.08. The van der Waals surface area contributed by atoms with E-state index in [1.54, 1.807) is 18.4 Å². The van der Waals surface area contributed by atoms with Gasteiger partial charge >= 0.3 is 0 Å². The van der Waals surface area contributed by atoms with Crippen LogP contribution < -0.4 is 10.6 Å². The zero-order valence-corrected chi connectivity index (χ0v) is 18.0. The van der Waals surface area contributed by atoms with Gasteiger partial charge in [0.05, 0.1) is 18.3 Å². The van der Waals surface area contributed by atoms with Gasteiger partial charge in [-0.3, -0.25) is 4.99 Å². The molecule has 0 aliphatic rings. The molecule has 6 heteroatoms. The Bertz CT molecular complexity index is 818. The van der Waals surface area contributed by atoms with Crippen molar-refractivity contribution in [3.05, 3.63) is 77.3 Å². The summed E-state index contributed by atoms with van der Waals surface area (Å²) in [5.41, 5.74) is 3.39. The van der Waals surface area contributed by atoms with E-state index < -0.39 is 0 Å². The van der Waals surface area contributed by atoms with Crippen molar-refractivity contribution in [2.24, 2.45) is 4.99 Å². The van der Waals surface area contributed by atoms with Crippen LogP contribution in [0.5, 0.6) is 0 Å². The number of hydrogen-bond donors (Lipinski definition) is 2. The standard InChI is InChI=1S/C20H22N4S.HI/c1-15(16-9-5-3-6-10-16)23-20(21-2)22-13-18-14-25-19(24-18)17-11-7-4-8-12-17;/h3-12,14-15H,13H2,1-2H3,(H2,21,22,23);1H. The predicted octanol–water partition coefficient (Wildman–Crippen LogP) is 4.85. The number of nitrogens with zero attached hydrogens (tertiary/aromatic N) is 2. The minimum absolute atomic E-state index is 0. The largest absolute Gasteiger partial charge is 0.351 e. The summed E-state index contributed by atoms with van der Waals surface area (Å²) in [4.78, 5) is 9.00. The van der Waals surface area contributed by atoms with Gasteiger partial charge in [-0.2, -0.15) is 0 Å². The molecular weight excluding hydrogens is 455 g/mol. The Labute approximate surface area is 175 Å². The van der Waals surface area contributed by atoms with Crippen LogP contribution in [0.25, 0.3) is 10.6 Å². The van der Waals surface area contributed by atoms with Crippen LogP contribution in [0.3, 0.4) is 0 Å². The van der Waals surface area contributed by atoms with E-state index in [1.807, 2.05) is 36.4 Å². The van der Waals surface area contributed by atoms with E-state index in [0.717, 1.165) is 22.2 Å². The Kier molecular flexibility index (Phi) is 8.06. The lowest BCUT2D eigenvalue weighted by molar-refractivity contribution is 0.683. The van der Waals surface area contributed by atoms with Gasteiger partial charge in [-0.1, -0.05) is 60.7 Å². The van der Waals surface area contributed by atoms with E-state index >= 15 is 0 Å². The van der Waals surface area contributed by atoms with E-state index in [9.17, 15) is 0 Å². The number of halogens is 1. The molecule has 0 saturated heterocycles. The third kappa shape index (κ3) is 5.54. The zero-order chi connectivity index (χ0) is 17.5. The van der Waals surface area contributed by atoms with Gasteiger partial charge in [0.25, 0.3) is 0 Å². The van der Waals surface area contributed by atoms with Crippen LogP contribution >= 0.6 is 35.3 Å². The Balaban J connectivity index is 0.00000243. The second-order valence-corrected chi connectivity index (χ2v) is 6.57. The summed E-state index contributed by atoms with van der Waals surface area (Å²) >= 11 is 1.66. The maximum atomic E-state index is 4.70. The van der Waals surface area contributed by atoms with Gasteiger partial charge in [0.2, 0.25) is 0 Å². The first-order chi connectivity index (χ1) is 12.3. The van der Waals surface area contributed by atoms with Gasteiger partial charge in [-0.25, -0.2) is 4.98 Å². The molecule has 0 fully saturated rings. The Hall–Kier alpha value is -1.93. The minimum Gasteiger partial charge on any atom is -0.351 e. The highest BCUT2D eigenvalue weighted by atomic mass is 127. The minimum atomic E-state index is 0. The normalized spacial score (nSPS) is 12.2. The average Bonchev–Trinajstić information content (AvgIpc) is 3.15. The van der Waals surface area contributed by atoms with Crippen LogP contribution in [-0.4, -0.2) is 18.0 Å². The van der Waals surface area contributed by atoms with Gasteiger partial charge < -0.3 is 10.6 Å². The van der Waals surface area contributed by atoms with Crippen LogP contribution in [-0.2, 0) is 6.54 Å². The van der Waals surface area contributed by atoms with Crippen LogP contribution in [0.1, 0.15) is 24.2 Å². The first kappa shape index (κ1) is 20.4. The molecule has 3 rings (SSSR count). The molecule has 4 nitrogen and oxygen atoms in total. The molecule has 0 bridgehead atoms. The molecule has 1 heterocycles. The molecule has 0 aliphatic heterocycles. The number of benzene rings is 2. The van der Waals surface area contributed by atoms with Crippen molar-refractivity contribution >= 4 is 41.3 Å². The molecule has 26 heavy (non-hydrogen) atoms. The molecule has 0 spiro atoms. The molecular formula is C20H23IN4S. The van der Waals surface area contributed by atoms with Gasteiger partial charge in [0.15, 0.2) is 5.96 Å². The van der Waals surface area contributed by atoms with Crippen LogP contribution in [0.4, 0.5) is 0 Å². The molecule has 1 unspecified atom stereocenters. The summed E-state index contributed by atoms with van der Waals surface area (Å²) in [5, 5.41) is 9.87. The monoisotopic (exact) mass is 478 g/mol. The predicted molar refractivity (Wildman–Crippen MR) is 121 cm³/mol. The van der Waals surface area contributed by atoms with Crippen molar-refractivity contribution in [1.82, 2.24) is 15.6 Å². The fourth-order valence-electron chi connectivity index (χ4n) is 2.50. The maximum Gasteiger partial charge on any atom is 0.191 e. The highest BCUT2D eigenvalue weighted by molar-refractivity contribution is 14.0. The first-order valence-corrected chi connectivity index (χ1v) is 9.16. The van der Waals surface area contributed by atoms with E-state index in [2.05, 4.69) is 52.2 Å². The Morgan fingerprint density at radius 2 is 1.73 bits per heavy atom. The summed E-state index contributed by atoms with van der Waals surface area (Å²) in [6.45, 7) is 2.77. The molecule has 1 atom stereocenters. The maximum absolute atomic E-state index is 4.70. The van der Waals surface area contributed by atoms with Gasteiger partial charge in [0.1, 0.15) is 5.01 Å². The highest BCUT2D eigenvalue weighted by Crippen LogP contribution is 2.23. The number of thiazole rings is 1. The summed E-state index contributed by atoms with van der Waals surface area (Å²) in [7, 11) is 1.78. The van der Waals surface area contributed by atoms with Crippen LogP contribution in [0.15, 0.2) is 71.0 Å². The SMILES string of the molecule is CN=C(NCc1csc(-c2ccccc2)n1)NC(C)c1ccccc1.I. The molecule has 1 aromatic heterocycles. The van der Waals surface area contributed by atoms with Crippen molar-refractivity contribution in [3.8, 4) is 10.6 Å². The number of nitrogens with one attached hydrogen (secondary N) is 2. The Morgan fingerprint density at radius 1 is 1.08 bits per heavy atom. The van der Waals surface area contributed by atoms with E-state index in [0.29, 0.717) is 6.54 Å². The third-order valence-corrected chi connectivity index (χ3v) is 4.83. The number of aliphatic imine (C=N–C) groups is 1. The lowest BCUT2D eigenvalue weighted by Gasteiger charge is -2.17. The lowest BCUT2D eigenvalue weighted by Crippen LogP contribution is -2.38. The van der Waals surface area contributed by atoms with Crippen molar-refractivity contribution < 1.29 is 0 Å². The van der Waals surface area contributed by atoms with E-state index in [-0.39, 0.29) is 30.0 Å². The smallest absolute Gasteiger partial charge is 0.191 e. The number of hydrogen-bond acceptors (Lipinski definition) is 3. The fraction of sp³-hybridized carbons (Fsp3) is 0.200. The zero-order valence-electron chi connectivity index (χ0n) is 14.8. The van der Waals surface area contributed by atoms with Crippen molar-refractivity contribution in [2.75, 3.05) is 7.05 Å². The third-order valence-electron chi connectivity index (χ3n) is 3.89. The summed E-state index contributed by atoms with van der Waals surface area (Å²) in [5.74, 6) is 0.769. The quantitative estimate of drug-likeness (QED) is 0.313. The van der Waals surface area contributed by atoms with Gasteiger partial charge in [0, 0.05) is 18.0 Å². The second kappa shape index (κ2) is 10.3. The Morgan fingerprint density at radius 3 is 2.38 bits per heavy atom. The topological polar surface area (TPSA) is 49.3 Å². The first-order valence-electron chi connectivity index (χ1n) is 8.28. The van der Waals surface area contributed by atoms with E-state index in [1.165, 1.54) is 5.56 Å². The number of guanidine groups is 1. The molecule has 3 aromatic rings. The summed E-state index contributed by atoms with van der Waals surface area (Å²) in [6.07, 6.45) is 0.